The van der Waals surface area contributed by atoms with Gasteiger partial charge in [0.1, 0.15) is 5.60 Å². The maximum Gasteiger partial charge on any atom is 0.243 e. The van der Waals surface area contributed by atoms with Gasteiger partial charge in [0.25, 0.3) is 0 Å². The average Bonchev–Trinajstić information content (AvgIpc) is 2.77. The Bertz CT molecular complexity index is 930. The number of likely N-dealkylation sites (tertiary alicyclic amines) is 1. The highest BCUT2D eigenvalue weighted by molar-refractivity contribution is 7.89. The third-order valence-corrected chi connectivity index (χ3v) is 8.32. The Hall–Kier alpha value is -1.77. The highest BCUT2D eigenvalue weighted by atomic mass is 32.2. The first kappa shape index (κ1) is 21.5. The summed E-state index contributed by atoms with van der Waals surface area (Å²) < 4.78 is 27.3. The van der Waals surface area contributed by atoms with Crippen molar-refractivity contribution in [3.05, 3.63) is 66.2 Å². The number of sulfonamides is 1. The molecule has 0 radical (unpaired) electrons. The van der Waals surface area contributed by atoms with E-state index in [9.17, 15) is 18.6 Å². The van der Waals surface area contributed by atoms with Gasteiger partial charge in [0, 0.05) is 19.6 Å². The lowest BCUT2D eigenvalue weighted by atomic mass is 9.86. The second-order valence-corrected chi connectivity index (χ2v) is 10.5. The van der Waals surface area contributed by atoms with Crippen molar-refractivity contribution in [2.75, 3.05) is 32.7 Å². The molecular formula is C23H30N2O4S. The molecule has 6 nitrogen and oxygen atoms in total. The SMILES string of the molecule is O=S(=O)(c1ccccc1)N1CC[C@H](O)[C@@](O)(CN2CCC(c3ccccc3)CC2)C1. The Kier molecular flexibility index (Phi) is 6.27. The summed E-state index contributed by atoms with van der Waals surface area (Å²) in [5.41, 5.74) is -0.131. The minimum absolute atomic E-state index is 0.0932. The molecule has 2 aromatic rings. The summed E-state index contributed by atoms with van der Waals surface area (Å²) in [6.07, 6.45) is 1.26. The van der Waals surface area contributed by atoms with E-state index >= 15 is 0 Å². The standard InChI is InChI=1S/C23H30N2O4S/c26-22-13-16-25(30(28,29)21-9-5-2-6-10-21)18-23(22,27)17-24-14-11-20(12-15-24)19-7-3-1-4-8-19/h1-10,20,22,26-27H,11-18H2/t22-,23+/m0/s1. The van der Waals surface area contributed by atoms with E-state index in [1.807, 2.05) is 6.07 Å². The van der Waals surface area contributed by atoms with Crippen molar-refractivity contribution in [3.63, 3.8) is 0 Å². The summed E-state index contributed by atoms with van der Waals surface area (Å²) in [5.74, 6) is 0.503. The minimum Gasteiger partial charge on any atom is -0.390 e. The van der Waals surface area contributed by atoms with E-state index in [4.69, 9.17) is 0 Å². The van der Waals surface area contributed by atoms with E-state index in [1.54, 1.807) is 30.3 Å². The fourth-order valence-corrected chi connectivity index (χ4v) is 6.20. The Labute approximate surface area is 178 Å². The molecule has 0 aliphatic carbocycles. The van der Waals surface area contributed by atoms with Gasteiger partial charge >= 0.3 is 0 Å². The normalized spacial score (nSPS) is 27.2. The topological polar surface area (TPSA) is 81.1 Å². The van der Waals surface area contributed by atoms with Crippen LogP contribution in [0.1, 0.15) is 30.7 Å². The zero-order valence-electron chi connectivity index (χ0n) is 17.1. The first-order valence-electron chi connectivity index (χ1n) is 10.6. The molecule has 2 heterocycles. The van der Waals surface area contributed by atoms with E-state index in [0.717, 1.165) is 25.9 Å². The molecule has 0 unspecified atom stereocenters. The molecule has 2 atom stereocenters. The van der Waals surface area contributed by atoms with Gasteiger partial charge in [-0.3, -0.25) is 0 Å². The van der Waals surface area contributed by atoms with Crippen molar-refractivity contribution in [2.24, 2.45) is 0 Å². The predicted octanol–water partition coefficient (Wildman–Crippen LogP) is 2.05. The maximum absolute atomic E-state index is 13.0. The van der Waals surface area contributed by atoms with Crippen LogP contribution in [0.5, 0.6) is 0 Å². The average molecular weight is 431 g/mol. The van der Waals surface area contributed by atoms with E-state index in [1.165, 1.54) is 9.87 Å². The molecule has 0 bridgehead atoms. The summed E-state index contributed by atoms with van der Waals surface area (Å²) in [6, 6.07) is 18.7. The van der Waals surface area contributed by atoms with E-state index < -0.39 is 21.7 Å². The lowest BCUT2D eigenvalue weighted by molar-refractivity contribution is -0.122. The Morgan fingerprint density at radius 1 is 0.900 bits per heavy atom. The van der Waals surface area contributed by atoms with Crippen LogP contribution in [0, 0.1) is 0 Å². The Balaban J connectivity index is 1.42. The summed E-state index contributed by atoms with van der Waals surface area (Å²) in [4.78, 5) is 2.37. The molecule has 0 spiro atoms. The maximum atomic E-state index is 13.0. The molecule has 2 aliphatic heterocycles. The van der Waals surface area contributed by atoms with Crippen LogP contribution in [-0.4, -0.2) is 72.3 Å². The van der Waals surface area contributed by atoms with Crippen LogP contribution < -0.4 is 0 Å². The molecule has 2 aliphatic rings. The number of aliphatic hydroxyl groups is 2. The first-order chi connectivity index (χ1) is 14.4. The van der Waals surface area contributed by atoms with E-state index in [-0.39, 0.29) is 31.0 Å². The number of rotatable bonds is 5. The third kappa shape index (κ3) is 4.45. The monoisotopic (exact) mass is 430 g/mol. The molecule has 2 aromatic carbocycles. The quantitative estimate of drug-likeness (QED) is 0.759. The summed E-state index contributed by atoms with van der Waals surface area (Å²) in [5, 5.41) is 21.8. The largest absolute Gasteiger partial charge is 0.390 e. The number of hydrogen-bond acceptors (Lipinski definition) is 5. The highest BCUT2D eigenvalue weighted by Gasteiger charge is 2.46. The number of nitrogens with zero attached hydrogens (tertiary/aromatic N) is 2. The zero-order chi connectivity index (χ0) is 21.2. The van der Waals surface area contributed by atoms with Crippen molar-refractivity contribution < 1.29 is 18.6 Å². The molecule has 2 N–H and O–H groups in total. The van der Waals surface area contributed by atoms with Gasteiger partial charge in [0.15, 0.2) is 0 Å². The lowest BCUT2D eigenvalue weighted by Crippen LogP contribution is -2.63. The third-order valence-electron chi connectivity index (χ3n) is 6.46. The van der Waals surface area contributed by atoms with Crippen LogP contribution in [0.15, 0.2) is 65.6 Å². The van der Waals surface area contributed by atoms with Crippen molar-refractivity contribution in [1.82, 2.24) is 9.21 Å². The van der Waals surface area contributed by atoms with Crippen molar-refractivity contribution in [2.45, 2.75) is 41.8 Å². The van der Waals surface area contributed by atoms with Gasteiger partial charge in [-0.15, -0.1) is 0 Å². The van der Waals surface area contributed by atoms with Gasteiger partial charge in [-0.2, -0.15) is 4.31 Å². The number of benzene rings is 2. The number of piperidine rings is 2. The fourth-order valence-electron chi connectivity index (χ4n) is 4.66. The van der Waals surface area contributed by atoms with Gasteiger partial charge in [0.2, 0.25) is 10.0 Å². The van der Waals surface area contributed by atoms with Crippen LogP contribution in [0.2, 0.25) is 0 Å². The van der Waals surface area contributed by atoms with Gasteiger partial charge < -0.3 is 15.1 Å². The van der Waals surface area contributed by atoms with Gasteiger partial charge in [-0.1, -0.05) is 48.5 Å². The van der Waals surface area contributed by atoms with E-state index in [0.29, 0.717) is 5.92 Å². The fraction of sp³-hybridized carbons (Fsp3) is 0.478. The van der Waals surface area contributed by atoms with Crippen molar-refractivity contribution >= 4 is 10.0 Å². The van der Waals surface area contributed by atoms with E-state index in [2.05, 4.69) is 29.2 Å². The van der Waals surface area contributed by atoms with Crippen LogP contribution in [-0.2, 0) is 10.0 Å². The van der Waals surface area contributed by atoms with Crippen LogP contribution in [0.25, 0.3) is 0 Å². The summed E-state index contributed by atoms with van der Waals surface area (Å²) in [7, 11) is -3.70. The summed E-state index contributed by atoms with van der Waals surface area (Å²) >= 11 is 0. The molecule has 2 fully saturated rings. The Morgan fingerprint density at radius 2 is 1.50 bits per heavy atom. The molecule has 2 saturated heterocycles. The molecule has 7 heteroatoms. The van der Waals surface area contributed by atoms with Crippen molar-refractivity contribution in [1.29, 1.82) is 0 Å². The van der Waals surface area contributed by atoms with Gasteiger partial charge in [0.05, 0.1) is 11.0 Å². The molecule has 0 amide bonds. The second kappa shape index (κ2) is 8.77. The van der Waals surface area contributed by atoms with Gasteiger partial charge in [-0.05, 0) is 56.0 Å². The zero-order valence-corrected chi connectivity index (χ0v) is 17.9. The summed E-state index contributed by atoms with van der Waals surface area (Å²) in [6.45, 7) is 2.03. The first-order valence-corrected chi connectivity index (χ1v) is 12.1. The Morgan fingerprint density at radius 3 is 2.13 bits per heavy atom. The number of aliphatic hydroxyl groups excluding tert-OH is 1. The van der Waals surface area contributed by atoms with Crippen LogP contribution in [0.3, 0.4) is 0 Å². The van der Waals surface area contributed by atoms with Crippen molar-refractivity contribution in [3.8, 4) is 0 Å². The molecule has 0 aromatic heterocycles. The second-order valence-electron chi connectivity index (χ2n) is 8.52. The molecule has 30 heavy (non-hydrogen) atoms. The minimum atomic E-state index is -3.70. The van der Waals surface area contributed by atoms with Gasteiger partial charge in [-0.25, -0.2) is 8.42 Å². The molecule has 4 rings (SSSR count). The smallest absolute Gasteiger partial charge is 0.243 e. The highest BCUT2D eigenvalue weighted by Crippen LogP contribution is 2.31. The van der Waals surface area contributed by atoms with Crippen LogP contribution >= 0.6 is 0 Å². The molecule has 162 valence electrons. The predicted molar refractivity (Wildman–Crippen MR) is 116 cm³/mol. The number of hydrogen-bond donors (Lipinski definition) is 2. The lowest BCUT2D eigenvalue weighted by Gasteiger charge is -2.45. The molecular weight excluding hydrogens is 400 g/mol. The molecule has 0 saturated carbocycles. The van der Waals surface area contributed by atoms with Crippen LogP contribution in [0.4, 0.5) is 0 Å². The number of β-amino-alcohol motifs (C(OH)–C–C–N with tert-alkyl or cyclic N) is 1.